The summed E-state index contributed by atoms with van der Waals surface area (Å²) >= 11 is 0. The van der Waals surface area contributed by atoms with Crippen LogP contribution >= 0.6 is 0 Å². The zero-order chi connectivity index (χ0) is 16.9. The SMILES string of the molecule is C=CC(=O)N[C@@H]1CCCN(C(=O)C2CCCCC2n2cccn2)C1. The van der Waals surface area contributed by atoms with Gasteiger partial charge in [-0.3, -0.25) is 14.3 Å². The van der Waals surface area contributed by atoms with Gasteiger partial charge < -0.3 is 10.2 Å². The van der Waals surface area contributed by atoms with Gasteiger partial charge >= 0.3 is 0 Å². The number of hydrogen-bond donors (Lipinski definition) is 1. The van der Waals surface area contributed by atoms with E-state index < -0.39 is 0 Å². The quantitative estimate of drug-likeness (QED) is 0.858. The highest BCUT2D eigenvalue weighted by Crippen LogP contribution is 2.35. The number of amides is 2. The molecule has 1 aromatic heterocycles. The summed E-state index contributed by atoms with van der Waals surface area (Å²) in [5.74, 6) is 0.0432. The standard InChI is InChI=1S/C18H26N4O2/c1-2-17(23)20-14-7-5-11-21(13-14)18(24)15-8-3-4-9-16(15)22-12-6-10-19-22/h2,6,10,12,14-16H,1,3-5,7-9,11,13H2,(H,20,23)/t14-,15?,16?/m1/s1. The van der Waals surface area contributed by atoms with Crippen LogP contribution in [0, 0.1) is 5.92 Å². The number of piperidine rings is 1. The molecule has 2 heterocycles. The second-order valence-electron chi connectivity index (χ2n) is 6.78. The van der Waals surface area contributed by atoms with E-state index in [9.17, 15) is 9.59 Å². The van der Waals surface area contributed by atoms with E-state index in [2.05, 4.69) is 17.0 Å². The van der Waals surface area contributed by atoms with Gasteiger partial charge in [-0.15, -0.1) is 0 Å². The molecular formula is C18H26N4O2. The van der Waals surface area contributed by atoms with Crippen LogP contribution in [0.4, 0.5) is 0 Å². The van der Waals surface area contributed by atoms with Crippen molar-refractivity contribution in [3.8, 4) is 0 Å². The Morgan fingerprint density at radius 2 is 2.04 bits per heavy atom. The summed E-state index contributed by atoms with van der Waals surface area (Å²) in [6.45, 7) is 4.87. The number of likely N-dealkylation sites (tertiary alicyclic amines) is 1. The fourth-order valence-electron chi connectivity index (χ4n) is 3.98. The summed E-state index contributed by atoms with van der Waals surface area (Å²) in [6, 6.07) is 2.10. The summed E-state index contributed by atoms with van der Waals surface area (Å²) in [7, 11) is 0. The van der Waals surface area contributed by atoms with Crippen LogP contribution in [-0.4, -0.2) is 45.6 Å². The van der Waals surface area contributed by atoms with Gasteiger partial charge in [-0.25, -0.2) is 0 Å². The van der Waals surface area contributed by atoms with E-state index in [1.54, 1.807) is 6.20 Å². The van der Waals surface area contributed by atoms with Crippen LogP contribution < -0.4 is 5.32 Å². The Labute approximate surface area is 142 Å². The van der Waals surface area contributed by atoms with E-state index in [1.807, 2.05) is 21.8 Å². The van der Waals surface area contributed by atoms with Gasteiger partial charge in [0.2, 0.25) is 11.8 Å². The second-order valence-corrected chi connectivity index (χ2v) is 6.78. The molecule has 2 fully saturated rings. The molecule has 3 atom stereocenters. The Hall–Kier alpha value is -2.11. The number of hydrogen-bond acceptors (Lipinski definition) is 3. The van der Waals surface area contributed by atoms with Crippen molar-refractivity contribution in [3.05, 3.63) is 31.1 Å². The minimum absolute atomic E-state index is 0.00694. The molecule has 0 radical (unpaired) electrons. The third kappa shape index (κ3) is 3.68. The highest BCUT2D eigenvalue weighted by atomic mass is 16.2. The average molecular weight is 330 g/mol. The van der Waals surface area contributed by atoms with E-state index in [-0.39, 0.29) is 29.8 Å². The normalized spacial score (nSPS) is 27.5. The maximum absolute atomic E-state index is 13.1. The van der Waals surface area contributed by atoms with E-state index in [1.165, 1.54) is 6.08 Å². The Bertz CT molecular complexity index is 584. The lowest BCUT2D eigenvalue weighted by Crippen LogP contribution is -2.51. The van der Waals surface area contributed by atoms with Crippen molar-refractivity contribution in [3.63, 3.8) is 0 Å². The monoisotopic (exact) mass is 330 g/mol. The molecule has 3 rings (SSSR count). The first kappa shape index (κ1) is 16.7. The van der Waals surface area contributed by atoms with Gasteiger partial charge in [0.1, 0.15) is 0 Å². The molecule has 0 bridgehead atoms. The fourth-order valence-corrected chi connectivity index (χ4v) is 3.98. The topological polar surface area (TPSA) is 67.2 Å². The first-order valence-corrected chi connectivity index (χ1v) is 8.90. The van der Waals surface area contributed by atoms with Gasteiger partial charge in [0.25, 0.3) is 0 Å². The van der Waals surface area contributed by atoms with Gasteiger partial charge in [0, 0.05) is 31.5 Å². The van der Waals surface area contributed by atoms with Crippen molar-refractivity contribution in [2.45, 2.75) is 50.6 Å². The first-order valence-electron chi connectivity index (χ1n) is 8.90. The Morgan fingerprint density at radius 3 is 2.79 bits per heavy atom. The maximum Gasteiger partial charge on any atom is 0.243 e. The number of nitrogens with zero attached hydrogens (tertiary/aromatic N) is 3. The molecule has 2 aliphatic rings. The van der Waals surface area contributed by atoms with Crippen LogP contribution in [-0.2, 0) is 9.59 Å². The van der Waals surface area contributed by atoms with Crippen LogP contribution in [0.3, 0.4) is 0 Å². The minimum Gasteiger partial charge on any atom is -0.348 e. The zero-order valence-corrected chi connectivity index (χ0v) is 14.1. The molecule has 1 aliphatic carbocycles. The van der Waals surface area contributed by atoms with Crippen molar-refractivity contribution in [2.75, 3.05) is 13.1 Å². The predicted octanol–water partition coefficient (Wildman–Crippen LogP) is 1.91. The molecule has 2 amide bonds. The molecule has 1 N–H and O–H groups in total. The van der Waals surface area contributed by atoms with Crippen molar-refractivity contribution < 1.29 is 9.59 Å². The fraction of sp³-hybridized carbons (Fsp3) is 0.611. The number of rotatable bonds is 4. The highest BCUT2D eigenvalue weighted by Gasteiger charge is 2.36. The lowest BCUT2D eigenvalue weighted by Gasteiger charge is -2.38. The van der Waals surface area contributed by atoms with E-state index >= 15 is 0 Å². The minimum atomic E-state index is -0.165. The molecule has 0 spiro atoms. The van der Waals surface area contributed by atoms with Gasteiger partial charge in [0.15, 0.2) is 0 Å². The highest BCUT2D eigenvalue weighted by molar-refractivity contribution is 5.87. The Balaban J connectivity index is 1.67. The van der Waals surface area contributed by atoms with Crippen molar-refractivity contribution in [1.82, 2.24) is 20.0 Å². The summed E-state index contributed by atoms with van der Waals surface area (Å²) in [4.78, 5) is 26.6. The van der Waals surface area contributed by atoms with Crippen molar-refractivity contribution >= 4 is 11.8 Å². The number of carbonyl (C=O) groups excluding carboxylic acids is 2. The molecular weight excluding hydrogens is 304 g/mol. The molecule has 1 aliphatic heterocycles. The van der Waals surface area contributed by atoms with Crippen LogP contribution in [0.25, 0.3) is 0 Å². The first-order chi connectivity index (χ1) is 11.7. The number of aromatic nitrogens is 2. The van der Waals surface area contributed by atoms with Crippen LogP contribution in [0.15, 0.2) is 31.1 Å². The van der Waals surface area contributed by atoms with Gasteiger partial charge in [-0.05, 0) is 37.8 Å². The molecule has 6 nitrogen and oxygen atoms in total. The summed E-state index contributed by atoms with van der Waals surface area (Å²) in [6.07, 6.45) is 11.0. The zero-order valence-electron chi connectivity index (χ0n) is 14.1. The van der Waals surface area contributed by atoms with Crippen LogP contribution in [0.5, 0.6) is 0 Å². The maximum atomic E-state index is 13.1. The van der Waals surface area contributed by atoms with Gasteiger partial charge in [0.05, 0.1) is 12.0 Å². The molecule has 130 valence electrons. The smallest absolute Gasteiger partial charge is 0.243 e. The summed E-state index contributed by atoms with van der Waals surface area (Å²) < 4.78 is 1.95. The molecule has 0 aromatic carbocycles. The third-order valence-electron chi connectivity index (χ3n) is 5.18. The van der Waals surface area contributed by atoms with Gasteiger partial charge in [-0.1, -0.05) is 19.4 Å². The molecule has 6 heteroatoms. The van der Waals surface area contributed by atoms with E-state index in [0.717, 1.165) is 45.1 Å². The van der Waals surface area contributed by atoms with E-state index in [4.69, 9.17) is 0 Å². The van der Waals surface area contributed by atoms with E-state index in [0.29, 0.717) is 6.54 Å². The van der Waals surface area contributed by atoms with Crippen molar-refractivity contribution in [2.24, 2.45) is 5.92 Å². The lowest BCUT2D eigenvalue weighted by atomic mass is 9.83. The van der Waals surface area contributed by atoms with Crippen LogP contribution in [0.2, 0.25) is 0 Å². The molecule has 24 heavy (non-hydrogen) atoms. The van der Waals surface area contributed by atoms with Gasteiger partial charge in [-0.2, -0.15) is 5.10 Å². The number of nitrogens with one attached hydrogen (secondary N) is 1. The molecule has 2 unspecified atom stereocenters. The molecule has 1 saturated heterocycles. The molecule has 1 saturated carbocycles. The Morgan fingerprint density at radius 1 is 1.21 bits per heavy atom. The second kappa shape index (κ2) is 7.64. The Kier molecular flexibility index (Phi) is 5.33. The third-order valence-corrected chi connectivity index (χ3v) is 5.18. The molecule has 1 aromatic rings. The largest absolute Gasteiger partial charge is 0.348 e. The summed E-state index contributed by atoms with van der Waals surface area (Å²) in [5.41, 5.74) is 0. The number of carbonyl (C=O) groups is 2. The average Bonchev–Trinajstić information content (AvgIpc) is 3.15. The van der Waals surface area contributed by atoms with Crippen molar-refractivity contribution in [1.29, 1.82) is 0 Å². The lowest BCUT2D eigenvalue weighted by molar-refractivity contribution is -0.140. The predicted molar refractivity (Wildman–Crippen MR) is 91.2 cm³/mol. The summed E-state index contributed by atoms with van der Waals surface area (Å²) in [5, 5.41) is 7.29. The van der Waals surface area contributed by atoms with Crippen LogP contribution in [0.1, 0.15) is 44.6 Å².